The highest BCUT2D eigenvalue weighted by molar-refractivity contribution is 4.67. The van der Waals surface area contributed by atoms with Crippen LogP contribution in [0.3, 0.4) is 0 Å². The Kier molecular flexibility index (Phi) is 5.49. The van der Waals surface area contributed by atoms with Gasteiger partial charge >= 0.3 is 0 Å². The molecule has 1 saturated carbocycles. The van der Waals surface area contributed by atoms with Gasteiger partial charge in [0, 0.05) is 12.6 Å². The maximum atomic E-state index is 5.34. The van der Waals surface area contributed by atoms with Crippen molar-refractivity contribution in [3.63, 3.8) is 0 Å². The molecule has 0 aromatic rings. The minimum absolute atomic E-state index is 0.503. The van der Waals surface area contributed by atoms with Gasteiger partial charge in [-0.15, -0.1) is 0 Å². The Labute approximate surface area is 88.6 Å². The molecule has 2 nitrogen and oxygen atoms in total. The number of hydrogen-bond donors (Lipinski definition) is 0. The lowest BCUT2D eigenvalue weighted by Crippen LogP contribution is -2.31. The Morgan fingerprint density at radius 2 is 1.86 bits per heavy atom. The monoisotopic (exact) mass is 199 g/mol. The molecule has 2 heteroatoms. The van der Waals surface area contributed by atoms with Crippen molar-refractivity contribution in [1.82, 2.24) is 5.06 Å². The average molecular weight is 199 g/mol. The maximum Gasteiger partial charge on any atom is 0.0575 e. The van der Waals surface area contributed by atoms with E-state index in [-0.39, 0.29) is 0 Å². The molecule has 0 aromatic heterocycles. The van der Waals surface area contributed by atoms with Crippen LogP contribution in [0.5, 0.6) is 0 Å². The van der Waals surface area contributed by atoms with Gasteiger partial charge in [-0.05, 0) is 26.2 Å². The fourth-order valence-electron chi connectivity index (χ4n) is 2.35. The zero-order chi connectivity index (χ0) is 10.4. The summed E-state index contributed by atoms with van der Waals surface area (Å²) in [6.45, 7) is 5.47. The predicted molar refractivity (Wildman–Crippen MR) is 60.0 cm³/mol. The van der Waals surface area contributed by atoms with Crippen LogP contribution in [0.25, 0.3) is 0 Å². The Bertz CT molecular complexity index is 141. The molecule has 0 atom stereocenters. The van der Waals surface area contributed by atoms with Crippen molar-refractivity contribution >= 4 is 0 Å². The molecule has 14 heavy (non-hydrogen) atoms. The van der Waals surface area contributed by atoms with Gasteiger partial charge in [-0.1, -0.05) is 32.1 Å². The van der Waals surface area contributed by atoms with Gasteiger partial charge in [-0.2, -0.15) is 5.06 Å². The van der Waals surface area contributed by atoms with Crippen LogP contribution in [0.2, 0.25) is 0 Å². The van der Waals surface area contributed by atoms with E-state index in [4.69, 9.17) is 4.84 Å². The molecule has 1 aliphatic carbocycles. The molecular formula is C12H25NO. The molecule has 1 aliphatic rings. The Hall–Kier alpha value is -0.0800. The van der Waals surface area contributed by atoms with E-state index in [1.807, 2.05) is 0 Å². The van der Waals surface area contributed by atoms with Crippen LogP contribution in [0.15, 0.2) is 0 Å². The molecule has 0 heterocycles. The lowest BCUT2D eigenvalue weighted by molar-refractivity contribution is -0.155. The van der Waals surface area contributed by atoms with Gasteiger partial charge < -0.3 is 4.84 Å². The molecule has 84 valence electrons. The zero-order valence-corrected chi connectivity index (χ0v) is 9.96. The number of hydroxylamine groups is 2. The van der Waals surface area contributed by atoms with E-state index in [0.29, 0.717) is 6.04 Å². The van der Waals surface area contributed by atoms with Crippen molar-refractivity contribution in [2.24, 2.45) is 5.92 Å². The first kappa shape index (κ1) is 12.0. The van der Waals surface area contributed by atoms with Crippen molar-refractivity contribution in [2.45, 2.75) is 58.4 Å². The summed E-state index contributed by atoms with van der Waals surface area (Å²) in [6, 6.07) is 0.503. The Morgan fingerprint density at radius 1 is 1.21 bits per heavy atom. The molecule has 1 rings (SSSR count). The number of rotatable bonds is 5. The van der Waals surface area contributed by atoms with E-state index in [2.05, 4.69) is 18.9 Å². The van der Waals surface area contributed by atoms with Crippen molar-refractivity contribution < 1.29 is 4.84 Å². The van der Waals surface area contributed by atoms with Crippen LogP contribution in [0, 0.1) is 5.92 Å². The van der Waals surface area contributed by atoms with Crippen LogP contribution < -0.4 is 0 Å². The second-order valence-electron chi connectivity index (χ2n) is 4.71. The summed E-state index contributed by atoms with van der Waals surface area (Å²) in [7, 11) is 1.78. The largest absolute Gasteiger partial charge is 0.302 e. The fourth-order valence-corrected chi connectivity index (χ4v) is 2.35. The van der Waals surface area contributed by atoms with E-state index in [0.717, 1.165) is 12.5 Å². The molecule has 0 spiro atoms. The van der Waals surface area contributed by atoms with Gasteiger partial charge in [0.2, 0.25) is 0 Å². The first-order chi connectivity index (χ1) is 6.74. The summed E-state index contributed by atoms with van der Waals surface area (Å²) in [5, 5.41) is 2.09. The third kappa shape index (κ3) is 3.97. The average Bonchev–Trinajstić information content (AvgIpc) is 2.20. The third-order valence-corrected chi connectivity index (χ3v) is 3.29. The quantitative estimate of drug-likeness (QED) is 0.630. The van der Waals surface area contributed by atoms with Crippen LogP contribution in [0.1, 0.15) is 52.4 Å². The van der Waals surface area contributed by atoms with Gasteiger partial charge in [0.15, 0.2) is 0 Å². The van der Waals surface area contributed by atoms with Crippen LogP contribution in [-0.4, -0.2) is 24.8 Å². The third-order valence-electron chi connectivity index (χ3n) is 3.29. The van der Waals surface area contributed by atoms with E-state index >= 15 is 0 Å². The summed E-state index contributed by atoms with van der Waals surface area (Å²) in [4.78, 5) is 5.34. The van der Waals surface area contributed by atoms with E-state index in [1.165, 1.54) is 38.5 Å². The van der Waals surface area contributed by atoms with Crippen molar-refractivity contribution in [1.29, 1.82) is 0 Å². The standard InChI is InChI=1S/C12H25NO/c1-11(2)13(14-3)10-9-12-7-5-4-6-8-12/h11-12H,4-10H2,1-3H3. The molecule has 0 saturated heterocycles. The second kappa shape index (κ2) is 6.41. The zero-order valence-electron chi connectivity index (χ0n) is 9.96. The summed E-state index contributed by atoms with van der Waals surface area (Å²) in [5.41, 5.74) is 0. The molecule has 1 fully saturated rings. The smallest absolute Gasteiger partial charge is 0.0575 e. The highest BCUT2D eigenvalue weighted by atomic mass is 16.7. The van der Waals surface area contributed by atoms with Gasteiger partial charge in [0.1, 0.15) is 0 Å². The highest BCUT2D eigenvalue weighted by Crippen LogP contribution is 2.26. The number of hydrogen-bond acceptors (Lipinski definition) is 2. The highest BCUT2D eigenvalue weighted by Gasteiger charge is 2.15. The number of nitrogens with zero attached hydrogens (tertiary/aromatic N) is 1. The second-order valence-corrected chi connectivity index (χ2v) is 4.71. The molecule has 0 aromatic carbocycles. The van der Waals surface area contributed by atoms with Gasteiger partial charge in [-0.3, -0.25) is 0 Å². The Balaban J connectivity index is 2.16. The first-order valence-electron chi connectivity index (χ1n) is 6.04. The van der Waals surface area contributed by atoms with Crippen molar-refractivity contribution in [3.8, 4) is 0 Å². The molecule has 0 amide bonds. The summed E-state index contributed by atoms with van der Waals surface area (Å²) < 4.78 is 0. The summed E-state index contributed by atoms with van der Waals surface area (Å²) >= 11 is 0. The molecule has 0 N–H and O–H groups in total. The van der Waals surface area contributed by atoms with E-state index < -0.39 is 0 Å². The van der Waals surface area contributed by atoms with Crippen LogP contribution >= 0.6 is 0 Å². The lowest BCUT2D eigenvalue weighted by atomic mass is 9.87. The lowest BCUT2D eigenvalue weighted by Gasteiger charge is -2.27. The van der Waals surface area contributed by atoms with E-state index in [9.17, 15) is 0 Å². The van der Waals surface area contributed by atoms with Crippen LogP contribution in [-0.2, 0) is 4.84 Å². The van der Waals surface area contributed by atoms with Gasteiger partial charge in [-0.25, -0.2) is 0 Å². The van der Waals surface area contributed by atoms with E-state index in [1.54, 1.807) is 7.11 Å². The normalized spacial score (nSPS) is 19.5. The minimum Gasteiger partial charge on any atom is -0.302 e. The predicted octanol–water partition coefficient (Wildman–Crippen LogP) is 3.23. The fraction of sp³-hybridized carbons (Fsp3) is 1.00. The molecule has 0 radical (unpaired) electrons. The van der Waals surface area contributed by atoms with Crippen molar-refractivity contribution in [2.75, 3.05) is 13.7 Å². The molecular weight excluding hydrogens is 174 g/mol. The molecule has 0 aliphatic heterocycles. The van der Waals surface area contributed by atoms with Crippen molar-refractivity contribution in [3.05, 3.63) is 0 Å². The topological polar surface area (TPSA) is 12.5 Å². The molecule has 0 unspecified atom stereocenters. The maximum absolute atomic E-state index is 5.34. The van der Waals surface area contributed by atoms with Crippen LogP contribution in [0.4, 0.5) is 0 Å². The van der Waals surface area contributed by atoms with Gasteiger partial charge in [0.25, 0.3) is 0 Å². The Morgan fingerprint density at radius 3 is 2.36 bits per heavy atom. The molecule has 0 bridgehead atoms. The van der Waals surface area contributed by atoms with Gasteiger partial charge in [0.05, 0.1) is 7.11 Å². The first-order valence-corrected chi connectivity index (χ1v) is 6.04. The SMILES string of the molecule is CON(CCC1CCCCC1)C(C)C. The summed E-state index contributed by atoms with van der Waals surface area (Å²) in [5.74, 6) is 0.958. The summed E-state index contributed by atoms with van der Waals surface area (Å²) in [6.07, 6.45) is 8.53. The minimum atomic E-state index is 0.503.